The van der Waals surface area contributed by atoms with Crippen molar-refractivity contribution in [2.24, 2.45) is 0 Å². The van der Waals surface area contributed by atoms with Crippen molar-refractivity contribution in [1.82, 2.24) is 9.80 Å². The molecule has 2 aliphatic heterocycles. The summed E-state index contributed by atoms with van der Waals surface area (Å²) >= 11 is 0. The van der Waals surface area contributed by atoms with Gasteiger partial charge in [0.2, 0.25) is 0 Å². The molecule has 1 atom stereocenters. The van der Waals surface area contributed by atoms with Gasteiger partial charge >= 0.3 is 0 Å². The SMILES string of the molecule is O=C(c1ccccc1F)N1CC(N2CC(F)(F)C[C@H]2CO)C1. The Kier molecular flexibility index (Phi) is 3.86. The van der Waals surface area contributed by atoms with Crippen LogP contribution in [-0.4, -0.2) is 65.1 Å². The first-order valence-electron chi connectivity index (χ1n) is 7.19. The maximum Gasteiger partial charge on any atom is 0.262 e. The third-order valence-corrected chi connectivity index (χ3v) is 4.35. The molecular weight excluding hydrogens is 297 g/mol. The molecule has 2 fully saturated rings. The second-order valence-corrected chi connectivity index (χ2v) is 5.91. The van der Waals surface area contributed by atoms with E-state index in [1.165, 1.54) is 23.1 Å². The number of aliphatic hydroxyl groups is 1. The summed E-state index contributed by atoms with van der Waals surface area (Å²) in [7, 11) is 0. The Balaban J connectivity index is 1.62. The van der Waals surface area contributed by atoms with Gasteiger partial charge in [-0.15, -0.1) is 0 Å². The van der Waals surface area contributed by atoms with Crippen molar-refractivity contribution < 1.29 is 23.1 Å². The number of rotatable bonds is 3. The van der Waals surface area contributed by atoms with E-state index in [1.54, 1.807) is 11.0 Å². The van der Waals surface area contributed by atoms with E-state index in [-0.39, 0.29) is 37.7 Å². The van der Waals surface area contributed by atoms with Gasteiger partial charge in [0.15, 0.2) is 0 Å². The molecule has 2 saturated heterocycles. The van der Waals surface area contributed by atoms with E-state index in [0.717, 1.165) is 0 Å². The van der Waals surface area contributed by atoms with Crippen LogP contribution in [0.5, 0.6) is 0 Å². The van der Waals surface area contributed by atoms with Crippen molar-refractivity contribution in [3.05, 3.63) is 35.6 Å². The van der Waals surface area contributed by atoms with Crippen LogP contribution in [0.2, 0.25) is 0 Å². The number of carbonyl (C=O) groups is 1. The summed E-state index contributed by atoms with van der Waals surface area (Å²) in [5.41, 5.74) is -0.00795. The summed E-state index contributed by atoms with van der Waals surface area (Å²) in [6.07, 6.45) is -0.360. The molecule has 1 N–H and O–H groups in total. The van der Waals surface area contributed by atoms with Crippen molar-refractivity contribution >= 4 is 5.91 Å². The largest absolute Gasteiger partial charge is 0.395 e. The van der Waals surface area contributed by atoms with E-state index in [9.17, 15) is 23.1 Å². The summed E-state index contributed by atoms with van der Waals surface area (Å²) in [5, 5.41) is 9.22. The Morgan fingerprint density at radius 2 is 2.00 bits per heavy atom. The number of benzene rings is 1. The lowest BCUT2D eigenvalue weighted by Crippen LogP contribution is -2.62. The number of hydrogen-bond acceptors (Lipinski definition) is 3. The Bertz CT molecular complexity index is 576. The highest BCUT2D eigenvalue weighted by Crippen LogP contribution is 2.35. The molecule has 0 radical (unpaired) electrons. The van der Waals surface area contributed by atoms with Crippen LogP contribution in [-0.2, 0) is 0 Å². The summed E-state index contributed by atoms with van der Waals surface area (Å²) < 4.78 is 40.5. The molecule has 1 amide bonds. The van der Waals surface area contributed by atoms with Gasteiger partial charge in [0.25, 0.3) is 11.8 Å². The molecule has 7 heteroatoms. The van der Waals surface area contributed by atoms with Crippen molar-refractivity contribution in [3.63, 3.8) is 0 Å². The van der Waals surface area contributed by atoms with Crippen LogP contribution in [0.4, 0.5) is 13.2 Å². The molecule has 0 aliphatic carbocycles. The normalized spacial score (nSPS) is 25.3. The van der Waals surface area contributed by atoms with Gasteiger partial charge in [-0.1, -0.05) is 12.1 Å². The topological polar surface area (TPSA) is 43.8 Å². The van der Waals surface area contributed by atoms with E-state index in [2.05, 4.69) is 0 Å². The lowest BCUT2D eigenvalue weighted by molar-refractivity contribution is -0.0126. The summed E-state index contributed by atoms with van der Waals surface area (Å²) in [6, 6.07) is 4.92. The number of halogens is 3. The zero-order chi connectivity index (χ0) is 15.9. The third kappa shape index (κ3) is 2.70. The second kappa shape index (κ2) is 5.55. The standard InChI is InChI=1S/C15H17F3N2O2/c16-13-4-2-1-3-12(13)14(22)19-6-11(7-19)20-9-15(17,18)5-10(20)8-21/h1-4,10-11,21H,5-9H2/t10-/m0/s1. The minimum Gasteiger partial charge on any atom is -0.395 e. The maximum absolute atomic E-state index is 13.6. The number of amides is 1. The fraction of sp³-hybridized carbons (Fsp3) is 0.533. The minimum atomic E-state index is -2.80. The molecule has 120 valence electrons. The third-order valence-electron chi connectivity index (χ3n) is 4.35. The van der Waals surface area contributed by atoms with Gasteiger partial charge in [-0.3, -0.25) is 9.69 Å². The summed E-state index contributed by atoms with van der Waals surface area (Å²) in [4.78, 5) is 15.2. The van der Waals surface area contributed by atoms with Crippen LogP contribution in [0, 0.1) is 5.82 Å². The van der Waals surface area contributed by atoms with Crippen molar-refractivity contribution in [2.75, 3.05) is 26.2 Å². The summed E-state index contributed by atoms with van der Waals surface area (Å²) in [6.45, 7) is -0.169. The lowest BCUT2D eigenvalue weighted by atomic mass is 10.0. The predicted octanol–water partition coefficient (Wildman–Crippen LogP) is 1.35. The molecule has 2 heterocycles. The van der Waals surface area contributed by atoms with Gasteiger partial charge in [0.05, 0.1) is 18.7 Å². The smallest absolute Gasteiger partial charge is 0.262 e. The second-order valence-electron chi connectivity index (χ2n) is 5.91. The number of hydrogen-bond donors (Lipinski definition) is 1. The first kappa shape index (κ1) is 15.3. The highest BCUT2D eigenvalue weighted by molar-refractivity contribution is 5.95. The average Bonchev–Trinajstić information content (AvgIpc) is 2.72. The molecule has 1 aromatic carbocycles. The maximum atomic E-state index is 13.6. The van der Waals surface area contributed by atoms with Gasteiger partial charge in [-0.05, 0) is 12.1 Å². The fourth-order valence-corrected chi connectivity index (χ4v) is 3.16. The minimum absolute atomic E-state index is 0.00795. The van der Waals surface area contributed by atoms with Gasteiger partial charge < -0.3 is 10.0 Å². The predicted molar refractivity (Wildman–Crippen MR) is 73.2 cm³/mol. The van der Waals surface area contributed by atoms with Gasteiger partial charge in [0, 0.05) is 31.6 Å². The Morgan fingerprint density at radius 3 is 2.64 bits per heavy atom. The summed E-state index contributed by atoms with van der Waals surface area (Å²) in [5.74, 6) is -3.82. The van der Waals surface area contributed by atoms with Gasteiger partial charge in [-0.25, -0.2) is 13.2 Å². The van der Waals surface area contributed by atoms with Crippen LogP contribution in [0.15, 0.2) is 24.3 Å². The first-order chi connectivity index (χ1) is 10.4. The molecule has 22 heavy (non-hydrogen) atoms. The zero-order valence-corrected chi connectivity index (χ0v) is 11.9. The average molecular weight is 314 g/mol. The van der Waals surface area contributed by atoms with Crippen LogP contribution in [0.1, 0.15) is 16.8 Å². The monoisotopic (exact) mass is 314 g/mol. The number of alkyl halides is 2. The Morgan fingerprint density at radius 1 is 1.32 bits per heavy atom. The molecule has 0 aromatic heterocycles. The van der Waals surface area contributed by atoms with Crippen LogP contribution in [0.3, 0.4) is 0 Å². The fourth-order valence-electron chi connectivity index (χ4n) is 3.16. The van der Waals surface area contributed by atoms with E-state index >= 15 is 0 Å². The van der Waals surface area contributed by atoms with E-state index in [0.29, 0.717) is 0 Å². The lowest BCUT2D eigenvalue weighted by Gasteiger charge is -2.45. The van der Waals surface area contributed by atoms with Crippen LogP contribution >= 0.6 is 0 Å². The molecule has 2 aliphatic rings. The molecular formula is C15H17F3N2O2. The van der Waals surface area contributed by atoms with Crippen LogP contribution < -0.4 is 0 Å². The highest BCUT2D eigenvalue weighted by atomic mass is 19.3. The zero-order valence-electron chi connectivity index (χ0n) is 11.9. The molecule has 0 unspecified atom stereocenters. The highest BCUT2D eigenvalue weighted by Gasteiger charge is 2.50. The van der Waals surface area contributed by atoms with Crippen LogP contribution in [0.25, 0.3) is 0 Å². The Labute approximate surface area is 126 Å². The molecule has 1 aromatic rings. The van der Waals surface area contributed by atoms with Crippen molar-refractivity contribution in [3.8, 4) is 0 Å². The van der Waals surface area contributed by atoms with Gasteiger partial charge in [-0.2, -0.15) is 0 Å². The molecule has 3 rings (SSSR count). The number of carbonyl (C=O) groups excluding carboxylic acids is 1. The van der Waals surface area contributed by atoms with Crippen molar-refractivity contribution in [2.45, 2.75) is 24.4 Å². The first-order valence-corrected chi connectivity index (χ1v) is 7.19. The Hall–Kier alpha value is -1.60. The molecule has 0 saturated carbocycles. The van der Waals surface area contributed by atoms with Gasteiger partial charge in [0.1, 0.15) is 5.82 Å². The number of aliphatic hydroxyl groups excluding tert-OH is 1. The molecule has 4 nitrogen and oxygen atoms in total. The molecule has 0 bridgehead atoms. The van der Waals surface area contributed by atoms with E-state index in [4.69, 9.17) is 0 Å². The quantitative estimate of drug-likeness (QED) is 0.916. The van der Waals surface area contributed by atoms with Crippen molar-refractivity contribution in [1.29, 1.82) is 0 Å². The molecule has 0 spiro atoms. The number of likely N-dealkylation sites (tertiary alicyclic amines) is 2. The van der Waals surface area contributed by atoms with E-state index < -0.39 is 30.2 Å². The number of nitrogens with zero attached hydrogens (tertiary/aromatic N) is 2. The van der Waals surface area contributed by atoms with E-state index in [1.807, 2.05) is 0 Å².